The molecule has 28 heavy (non-hydrogen) atoms. The Labute approximate surface area is 173 Å². The highest BCUT2D eigenvalue weighted by Gasteiger charge is 2.57. The zero-order valence-corrected chi connectivity index (χ0v) is 18.5. The lowest BCUT2D eigenvalue weighted by molar-refractivity contribution is -0.0979. The maximum Gasteiger partial charge on any atom is 0.0622 e. The number of hydrogen-bond acceptors (Lipinski definition) is 2. The van der Waals surface area contributed by atoms with E-state index in [-0.39, 0.29) is 5.60 Å². The van der Waals surface area contributed by atoms with Crippen molar-refractivity contribution in [2.75, 3.05) is 19.6 Å². The van der Waals surface area contributed by atoms with Gasteiger partial charge in [0.15, 0.2) is 0 Å². The van der Waals surface area contributed by atoms with Gasteiger partial charge < -0.3 is 5.11 Å². The third-order valence-electron chi connectivity index (χ3n) is 10.4. The van der Waals surface area contributed by atoms with Crippen LogP contribution in [0.1, 0.15) is 84.5 Å². The van der Waals surface area contributed by atoms with Crippen LogP contribution in [0.5, 0.6) is 0 Å². The zero-order valence-electron chi connectivity index (χ0n) is 18.5. The normalized spacial score (nSPS) is 51.4. The average Bonchev–Trinajstić information content (AvgIpc) is 3.27. The van der Waals surface area contributed by atoms with Crippen molar-refractivity contribution in [2.24, 2.45) is 40.9 Å². The van der Waals surface area contributed by atoms with Crippen molar-refractivity contribution >= 4 is 0 Å². The minimum Gasteiger partial charge on any atom is -0.390 e. The van der Waals surface area contributed by atoms with Crippen molar-refractivity contribution in [2.45, 2.75) is 90.1 Å². The summed E-state index contributed by atoms with van der Waals surface area (Å²) in [5, 5.41) is 10.6. The lowest BCUT2D eigenvalue weighted by Gasteiger charge is -2.57. The molecule has 0 aromatic heterocycles. The first-order chi connectivity index (χ1) is 13.4. The fourth-order valence-corrected chi connectivity index (χ4v) is 9.09. The van der Waals surface area contributed by atoms with Crippen LogP contribution in [0.3, 0.4) is 0 Å². The van der Waals surface area contributed by atoms with Crippen LogP contribution in [0.15, 0.2) is 12.2 Å². The summed E-state index contributed by atoms with van der Waals surface area (Å²) in [4.78, 5) is 2.66. The van der Waals surface area contributed by atoms with Gasteiger partial charge in [0.2, 0.25) is 0 Å². The van der Waals surface area contributed by atoms with Crippen LogP contribution in [0.2, 0.25) is 0 Å². The summed E-state index contributed by atoms with van der Waals surface area (Å²) in [6.45, 7) is 13.1. The molecule has 8 atom stereocenters. The second kappa shape index (κ2) is 7.12. The molecule has 0 radical (unpaired) electrons. The molecule has 5 fully saturated rings. The number of nitrogens with zero attached hydrogens (tertiary/aromatic N) is 1. The van der Waals surface area contributed by atoms with Crippen LogP contribution in [-0.4, -0.2) is 35.2 Å². The molecule has 4 aliphatic carbocycles. The molecule has 158 valence electrons. The molecular weight excluding hydrogens is 342 g/mol. The second-order valence-corrected chi connectivity index (χ2v) is 12.0. The topological polar surface area (TPSA) is 23.5 Å². The van der Waals surface area contributed by atoms with E-state index >= 15 is 0 Å². The van der Waals surface area contributed by atoms with Gasteiger partial charge in [-0.3, -0.25) is 4.90 Å². The summed E-state index contributed by atoms with van der Waals surface area (Å²) >= 11 is 0. The van der Waals surface area contributed by atoms with E-state index in [1.54, 1.807) is 5.57 Å². The van der Waals surface area contributed by atoms with Crippen molar-refractivity contribution in [3.8, 4) is 0 Å². The number of fused-ring (bicyclic) bond motifs is 5. The Morgan fingerprint density at radius 1 is 0.929 bits per heavy atom. The molecule has 0 amide bonds. The molecule has 0 unspecified atom stereocenters. The highest BCUT2D eigenvalue weighted by atomic mass is 16.3. The van der Waals surface area contributed by atoms with E-state index in [0.29, 0.717) is 5.41 Å². The lowest BCUT2D eigenvalue weighted by Crippen LogP contribution is -2.50. The van der Waals surface area contributed by atoms with Gasteiger partial charge in [0.05, 0.1) is 5.60 Å². The minimum absolute atomic E-state index is 0.386. The predicted octanol–water partition coefficient (Wildman–Crippen LogP) is 5.66. The zero-order chi connectivity index (χ0) is 19.5. The van der Waals surface area contributed by atoms with Crippen molar-refractivity contribution in [3.63, 3.8) is 0 Å². The molecule has 1 aliphatic heterocycles. The van der Waals surface area contributed by atoms with Gasteiger partial charge in [-0.15, -0.1) is 0 Å². The summed E-state index contributed by atoms with van der Waals surface area (Å²) in [6, 6.07) is 0. The molecule has 2 heteroatoms. The third kappa shape index (κ3) is 3.22. The van der Waals surface area contributed by atoms with Crippen LogP contribution in [0, 0.1) is 40.9 Å². The van der Waals surface area contributed by atoms with E-state index < -0.39 is 0 Å². The van der Waals surface area contributed by atoms with Crippen LogP contribution in [-0.2, 0) is 0 Å². The summed E-state index contributed by atoms with van der Waals surface area (Å²) in [6.07, 6.45) is 14.7. The highest BCUT2D eigenvalue weighted by Crippen LogP contribution is 2.65. The van der Waals surface area contributed by atoms with E-state index in [9.17, 15) is 5.11 Å². The molecule has 1 heterocycles. The largest absolute Gasteiger partial charge is 0.390 e. The first-order valence-electron chi connectivity index (χ1n) is 12.5. The van der Waals surface area contributed by atoms with Crippen LogP contribution < -0.4 is 0 Å². The summed E-state index contributed by atoms with van der Waals surface area (Å²) in [5.41, 5.74) is 1.70. The van der Waals surface area contributed by atoms with Gasteiger partial charge in [0.1, 0.15) is 0 Å². The molecule has 2 nitrogen and oxygen atoms in total. The maximum absolute atomic E-state index is 10.6. The van der Waals surface area contributed by atoms with Crippen molar-refractivity contribution in [1.29, 1.82) is 0 Å². The Morgan fingerprint density at radius 3 is 2.46 bits per heavy atom. The Kier molecular flexibility index (Phi) is 4.99. The smallest absolute Gasteiger partial charge is 0.0622 e. The standard InChI is InChI=1S/C26H43NO/c1-18(17-27-14-4-5-15-27)23-8-9-24-22-7-6-19-16-25(2,28)12-10-20(19)21(22)11-13-26(23,24)3/h19-24,28H,1,4-17H2,2-3H3/t19-,20-,21+,22+,23+,24-,25-,26+/m0/s1. The first kappa shape index (κ1) is 19.6. The molecule has 0 spiro atoms. The Morgan fingerprint density at radius 2 is 1.68 bits per heavy atom. The Balaban J connectivity index is 1.29. The molecule has 5 aliphatic rings. The van der Waals surface area contributed by atoms with Gasteiger partial charge in [-0.25, -0.2) is 0 Å². The SMILES string of the molecule is C=C(CN1CCCC1)[C@H]1CC[C@H]2[C@@H]3CC[C@H]4C[C@@](C)(O)CC[C@@H]4[C@H]3CC[C@]12C. The van der Waals surface area contributed by atoms with Gasteiger partial charge in [0.25, 0.3) is 0 Å². The van der Waals surface area contributed by atoms with Crippen molar-refractivity contribution < 1.29 is 5.11 Å². The minimum atomic E-state index is -0.386. The second-order valence-electron chi connectivity index (χ2n) is 12.0. The molecule has 0 bridgehead atoms. The fraction of sp³-hybridized carbons (Fsp3) is 0.923. The maximum atomic E-state index is 10.6. The fourth-order valence-electron chi connectivity index (χ4n) is 9.09. The van der Waals surface area contributed by atoms with Crippen LogP contribution in [0.25, 0.3) is 0 Å². The van der Waals surface area contributed by atoms with Gasteiger partial charge in [-0.1, -0.05) is 19.1 Å². The molecule has 0 aromatic rings. The van der Waals surface area contributed by atoms with E-state index in [2.05, 4.69) is 25.3 Å². The molecule has 1 N–H and O–H groups in total. The van der Waals surface area contributed by atoms with Gasteiger partial charge in [0, 0.05) is 6.54 Å². The third-order valence-corrected chi connectivity index (χ3v) is 10.4. The quantitative estimate of drug-likeness (QED) is 0.634. The molecule has 4 saturated carbocycles. The average molecular weight is 386 g/mol. The first-order valence-corrected chi connectivity index (χ1v) is 12.5. The van der Waals surface area contributed by atoms with Gasteiger partial charge in [-0.05, 0) is 132 Å². The van der Waals surface area contributed by atoms with Crippen LogP contribution in [0.4, 0.5) is 0 Å². The predicted molar refractivity (Wildman–Crippen MR) is 116 cm³/mol. The van der Waals surface area contributed by atoms with E-state index in [1.807, 2.05) is 0 Å². The number of rotatable bonds is 3. The molecular formula is C26H43NO. The van der Waals surface area contributed by atoms with Crippen LogP contribution >= 0.6 is 0 Å². The summed E-state index contributed by atoms with van der Waals surface area (Å²) in [5.74, 6) is 5.34. The Hall–Kier alpha value is -0.340. The highest BCUT2D eigenvalue weighted by molar-refractivity contribution is 5.17. The van der Waals surface area contributed by atoms with Crippen molar-refractivity contribution in [1.82, 2.24) is 4.90 Å². The number of likely N-dealkylation sites (tertiary alicyclic amines) is 1. The number of hydrogen-bond donors (Lipinski definition) is 1. The molecule has 5 rings (SSSR count). The summed E-state index contributed by atoms with van der Waals surface area (Å²) < 4.78 is 0. The van der Waals surface area contributed by atoms with Gasteiger partial charge in [-0.2, -0.15) is 0 Å². The van der Waals surface area contributed by atoms with Crippen molar-refractivity contribution in [3.05, 3.63) is 12.2 Å². The molecule has 1 saturated heterocycles. The van der Waals surface area contributed by atoms with E-state index in [1.165, 1.54) is 77.4 Å². The lowest BCUT2D eigenvalue weighted by atomic mass is 9.49. The van der Waals surface area contributed by atoms with Gasteiger partial charge >= 0.3 is 0 Å². The Bertz CT molecular complexity index is 606. The monoisotopic (exact) mass is 385 g/mol. The van der Waals surface area contributed by atoms with E-state index in [4.69, 9.17) is 0 Å². The molecule has 0 aromatic carbocycles. The number of aliphatic hydroxyl groups is 1. The summed E-state index contributed by atoms with van der Waals surface area (Å²) in [7, 11) is 0. The van der Waals surface area contributed by atoms with E-state index in [0.717, 1.165) is 48.3 Å².